The van der Waals surface area contributed by atoms with Crippen LogP contribution in [0.25, 0.3) is 0 Å². The monoisotopic (exact) mass is 206 g/mol. The number of carboxylic acids is 1. The summed E-state index contributed by atoms with van der Waals surface area (Å²) in [6.07, 6.45) is -0.406. The minimum absolute atomic E-state index is 0.406. The third-order valence-electron chi connectivity index (χ3n) is 1.34. The van der Waals surface area contributed by atoms with Crippen molar-refractivity contribution >= 4 is 11.9 Å². The summed E-state index contributed by atoms with van der Waals surface area (Å²) in [6.45, 7) is -1.32. The molecule has 0 aromatic rings. The van der Waals surface area contributed by atoms with Crippen LogP contribution in [0.15, 0.2) is 0 Å². The number of rotatable bonds is 6. The molecule has 0 rings (SSSR count). The number of hydrogen-bond donors (Lipinski definition) is 3. The van der Waals surface area contributed by atoms with Crippen molar-refractivity contribution in [2.24, 2.45) is 0 Å². The molecular formula is C6H10N2O6. The van der Waals surface area contributed by atoms with E-state index in [0.717, 1.165) is 0 Å². The van der Waals surface area contributed by atoms with E-state index in [1.165, 1.54) is 0 Å². The summed E-state index contributed by atoms with van der Waals surface area (Å²) in [7, 11) is 0. The van der Waals surface area contributed by atoms with Gasteiger partial charge in [0.2, 0.25) is 12.5 Å². The number of carboxylic acid groups (broad SMARTS) is 1. The Labute approximate surface area is 78.7 Å². The second-order valence-electron chi connectivity index (χ2n) is 2.45. The van der Waals surface area contributed by atoms with E-state index in [1.54, 1.807) is 0 Å². The molecule has 0 saturated carbocycles. The van der Waals surface area contributed by atoms with Gasteiger partial charge in [0.15, 0.2) is 0 Å². The molecule has 80 valence electrons. The second-order valence-corrected chi connectivity index (χ2v) is 2.45. The standard InChI is InChI=1S/C6H10N2O6/c9-3-4(6(11)12)7-5(10)1-2-8(13)14/h4,9H,1-3H2,(H,7,10)(H,11,12). The summed E-state index contributed by atoms with van der Waals surface area (Å²) in [5.74, 6) is -2.16. The number of nitro groups is 1. The first-order chi connectivity index (χ1) is 6.47. The molecule has 0 aliphatic rings. The summed E-state index contributed by atoms with van der Waals surface area (Å²) >= 11 is 0. The second kappa shape index (κ2) is 5.86. The average molecular weight is 206 g/mol. The molecule has 0 bridgehead atoms. The van der Waals surface area contributed by atoms with E-state index in [0.29, 0.717) is 0 Å². The Kier molecular flexibility index (Phi) is 5.15. The molecule has 0 saturated heterocycles. The highest BCUT2D eigenvalue weighted by atomic mass is 16.6. The van der Waals surface area contributed by atoms with Crippen LogP contribution < -0.4 is 5.32 Å². The lowest BCUT2D eigenvalue weighted by Gasteiger charge is -2.09. The number of carbonyl (C=O) groups is 2. The van der Waals surface area contributed by atoms with Gasteiger partial charge in [-0.15, -0.1) is 0 Å². The van der Waals surface area contributed by atoms with E-state index in [-0.39, 0.29) is 0 Å². The molecular weight excluding hydrogens is 196 g/mol. The average Bonchev–Trinajstić information content (AvgIpc) is 2.10. The fraction of sp³-hybridized carbons (Fsp3) is 0.667. The van der Waals surface area contributed by atoms with Crippen LogP contribution in [-0.2, 0) is 9.59 Å². The van der Waals surface area contributed by atoms with Crippen molar-refractivity contribution in [2.45, 2.75) is 12.5 Å². The first-order valence-electron chi connectivity index (χ1n) is 3.72. The lowest BCUT2D eigenvalue weighted by atomic mass is 10.3. The Balaban J connectivity index is 3.91. The van der Waals surface area contributed by atoms with Gasteiger partial charge in [0.1, 0.15) is 6.04 Å². The minimum Gasteiger partial charge on any atom is -0.480 e. The van der Waals surface area contributed by atoms with E-state index >= 15 is 0 Å². The first kappa shape index (κ1) is 12.3. The van der Waals surface area contributed by atoms with Crippen LogP contribution in [-0.4, -0.2) is 46.2 Å². The predicted molar refractivity (Wildman–Crippen MR) is 43.1 cm³/mol. The topological polar surface area (TPSA) is 130 Å². The molecule has 1 unspecified atom stereocenters. The number of aliphatic hydroxyl groups excluding tert-OH is 1. The number of hydrogen-bond acceptors (Lipinski definition) is 5. The number of aliphatic carboxylic acids is 1. The van der Waals surface area contributed by atoms with Gasteiger partial charge in [0, 0.05) is 4.92 Å². The summed E-state index contributed by atoms with van der Waals surface area (Å²) in [5, 5.41) is 28.7. The number of nitrogens with one attached hydrogen (secondary N) is 1. The van der Waals surface area contributed by atoms with E-state index in [9.17, 15) is 19.7 Å². The van der Waals surface area contributed by atoms with Crippen molar-refractivity contribution in [1.29, 1.82) is 0 Å². The van der Waals surface area contributed by atoms with Crippen molar-refractivity contribution in [1.82, 2.24) is 5.32 Å². The van der Waals surface area contributed by atoms with Crippen LogP contribution in [0, 0.1) is 10.1 Å². The molecule has 0 spiro atoms. The van der Waals surface area contributed by atoms with Gasteiger partial charge in [-0.1, -0.05) is 0 Å². The summed E-state index contributed by atoms with van der Waals surface area (Å²) in [6, 6.07) is -1.41. The number of carbonyl (C=O) groups excluding carboxylic acids is 1. The van der Waals surface area contributed by atoms with Gasteiger partial charge in [-0.05, 0) is 0 Å². The molecule has 0 aromatic carbocycles. The fourth-order valence-electron chi connectivity index (χ4n) is 0.645. The predicted octanol–water partition coefficient (Wildman–Crippen LogP) is -1.79. The zero-order valence-corrected chi connectivity index (χ0v) is 7.17. The van der Waals surface area contributed by atoms with Crippen molar-refractivity contribution in [3.8, 4) is 0 Å². The molecule has 8 nitrogen and oxygen atoms in total. The van der Waals surface area contributed by atoms with E-state index in [4.69, 9.17) is 10.2 Å². The van der Waals surface area contributed by atoms with Crippen molar-refractivity contribution < 1.29 is 24.7 Å². The molecule has 0 aliphatic carbocycles. The van der Waals surface area contributed by atoms with E-state index in [1.807, 2.05) is 5.32 Å². The summed E-state index contributed by atoms with van der Waals surface area (Å²) < 4.78 is 0. The van der Waals surface area contributed by atoms with Gasteiger partial charge in [-0.25, -0.2) is 4.79 Å². The van der Waals surface area contributed by atoms with Gasteiger partial charge in [-0.2, -0.15) is 0 Å². The van der Waals surface area contributed by atoms with Crippen LogP contribution >= 0.6 is 0 Å². The van der Waals surface area contributed by atoms with E-state index in [2.05, 4.69) is 0 Å². The molecule has 0 radical (unpaired) electrons. The van der Waals surface area contributed by atoms with Crippen molar-refractivity contribution in [3.63, 3.8) is 0 Å². The van der Waals surface area contributed by atoms with Gasteiger partial charge >= 0.3 is 5.97 Å². The Morgan fingerprint density at radius 3 is 2.43 bits per heavy atom. The summed E-state index contributed by atoms with van der Waals surface area (Å²) in [4.78, 5) is 30.3. The fourth-order valence-corrected chi connectivity index (χ4v) is 0.645. The first-order valence-corrected chi connectivity index (χ1v) is 3.72. The van der Waals surface area contributed by atoms with E-state index < -0.39 is 42.4 Å². The highest BCUT2D eigenvalue weighted by molar-refractivity contribution is 5.83. The molecule has 1 atom stereocenters. The highest BCUT2D eigenvalue weighted by Gasteiger charge is 2.19. The van der Waals surface area contributed by atoms with Gasteiger partial charge in [0.25, 0.3) is 0 Å². The number of nitrogens with zero attached hydrogens (tertiary/aromatic N) is 1. The summed E-state index contributed by atoms with van der Waals surface area (Å²) in [5.41, 5.74) is 0. The maximum atomic E-state index is 10.8. The number of amides is 1. The van der Waals surface area contributed by atoms with Crippen LogP contribution in [0.2, 0.25) is 0 Å². The minimum atomic E-state index is -1.41. The maximum Gasteiger partial charge on any atom is 0.328 e. The Morgan fingerprint density at radius 1 is 1.50 bits per heavy atom. The van der Waals surface area contributed by atoms with Crippen LogP contribution in [0.4, 0.5) is 0 Å². The Hall–Kier alpha value is -1.70. The normalized spacial score (nSPS) is 11.8. The third-order valence-corrected chi connectivity index (χ3v) is 1.34. The molecule has 0 aromatic heterocycles. The molecule has 0 fully saturated rings. The molecule has 14 heavy (non-hydrogen) atoms. The quantitative estimate of drug-likeness (QED) is 0.347. The van der Waals surface area contributed by atoms with Crippen LogP contribution in [0.3, 0.4) is 0 Å². The van der Waals surface area contributed by atoms with Gasteiger partial charge in [0.05, 0.1) is 13.0 Å². The van der Waals surface area contributed by atoms with Crippen LogP contribution in [0.1, 0.15) is 6.42 Å². The molecule has 1 amide bonds. The van der Waals surface area contributed by atoms with Crippen LogP contribution in [0.5, 0.6) is 0 Å². The third kappa shape index (κ3) is 5.04. The smallest absolute Gasteiger partial charge is 0.328 e. The lowest BCUT2D eigenvalue weighted by Crippen LogP contribution is -2.43. The largest absolute Gasteiger partial charge is 0.480 e. The zero-order valence-electron chi connectivity index (χ0n) is 7.17. The van der Waals surface area contributed by atoms with Crippen molar-refractivity contribution in [3.05, 3.63) is 10.1 Å². The van der Waals surface area contributed by atoms with Gasteiger partial charge < -0.3 is 15.5 Å². The maximum absolute atomic E-state index is 10.8. The Morgan fingerprint density at radius 2 is 2.07 bits per heavy atom. The Bertz CT molecular complexity index is 240. The zero-order chi connectivity index (χ0) is 11.1. The number of aliphatic hydroxyl groups is 1. The molecule has 3 N–H and O–H groups in total. The molecule has 8 heteroatoms. The molecule has 0 heterocycles. The lowest BCUT2D eigenvalue weighted by molar-refractivity contribution is -0.478. The SMILES string of the molecule is O=C(CC[N+](=O)[O-])NC(CO)C(=O)O. The van der Waals surface area contributed by atoms with Gasteiger partial charge in [-0.3, -0.25) is 14.9 Å². The van der Waals surface area contributed by atoms with Crippen molar-refractivity contribution in [2.75, 3.05) is 13.2 Å². The molecule has 0 aliphatic heterocycles. The highest BCUT2D eigenvalue weighted by Crippen LogP contribution is 1.86.